The maximum absolute atomic E-state index is 12.7. The number of hydrogen-bond acceptors (Lipinski definition) is 2. The van der Waals surface area contributed by atoms with E-state index in [1.54, 1.807) is 0 Å². The number of benzene rings is 4. The minimum Gasteiger partial charge on any atom is -0.455 e. The van der Waals surface area contributed by atoms with Crippen molar-refractivity contribution >= 4 is 49.3 Å². The summed E-state index contributed by atoms with van der Waals surface area (Å²) in [5, 5.41) is 6.55. The average Bonchev–Trinajstić information content (AvgIpc) is 3.07. The topological polar surface area (TPSA) is 30.2 Å². The Balaban J connectivity index is 1.97. The molecule has 0 aliphatic carbocycles. The predicted octanol–water partition coefficient (Wildman–Crippen LogP) is 6.88. The Morgan fingerprint density at radius 2 is 1.58 bits per heavy atom. The monoisotopic (exact) mass is 338 g/mol. The lowest BCUT2D eigenvalue weighted by molar-refractivity contribution is 0.0983. The van der Waals surface area contributed by atoms with Gasteiger partial charge in [-0.15, -0.1) is 0 Å². The van der Waals surface area contributed by atoms with Crippen molar-refractivity contribution in [3.8, 4) is 0 Å². The van der Waals surface area contributed by atoms with Crippen molar-refractivity contribution in [2.24, 2.45) is 0 Å². The van der Waals surface area contributed by atoms with Gasteiger partial charge in [0.15, 0.2) is 5.78 Å². The molecule has 2 heteroatoms. The third kappa shape index (κ3) is 2.08. The number of ketones is 1. The molecule has 0 saturated heterocycles. The molecule has 0 fully saturated rings. The van der Waals surface area contributed by atoms with Gasteiger partial charge in [-0.3, -0.25) is 4.79 Å². The molecule has 0 aliphatic rings. The zero-order chi connectivity index (χ0) is 17.7. The first-order chi connectivity index (χ1) is 12.8. The summed E-state index contributed by atoms with van der Waals surface area (Å²) in [5.41, 5.74) is 2.44. The van der Waals surface area contributed by atoms with Gasteiger partial charge in [-0.1, -0.05) is 61.5 Å². The van der Waals surface area contributed by atoms with Crippen LogP contribution in [0.5, 0.6) is 0 Å². The zero-order valence-corrected chi connectivity index (χ0v) is 14.6. The van der Waals surface area contributed by atoms with E-state index in [0.29, 0.717) is 6.42 Å². The Morgan fingerprint density at radius 3 is 2.38 bits per heavy atom. The Kier molecular flexibility index (Phi) is 3.32. The Hall–Kier alpha value is -3.13. The molecule has 5 rings (SSSR count). The third-order valence-corrected chi connectivity index (χ3v) is 5.15. The molecule has 0 radical (unpaired) electrons. The second kappa shape index (κ2) is 5.70. The van der Waals surface area contributed by atoms with Gasteiger partial charge in [-0.2, -0.15) is 0 Å². The molecular weight excluding hydrogens is 320 g/mol. The highest BCUT2D eigenvalue weighted by atomic mass is 16.3. The first-order valence-corrected chi connectivity index (χ1v) is 9.07. The maximum Gasteiger partial charge on any atom is 0.163 e. The van der Waals surface area contributed by atoms with E-state index in [9.17, 15) is 4.79 Å². The van der Waals surface area contributed by atoms with Crippen LogP contribution >= 0.6 is 0 Å². The molecule has 0 saturated carbocycles. The molecule has 1 aromatic heterocycles. The van der Waals surface area contributed by atoms with Crippen molar-refractivity contribution in [2.75, 3.05) is 0 Å². The predicted molar refractivity (Wildman–Crippen MR) is 108 cm³/mol. The van der Waals surface area contributed by atoms with Gasteiger partial charge in [0.1, 0.15) is 11.2 Å². The van der Waals surface area contributed by atoms with Crippen LogP contribution in [0.1, 0.15) is 30.1 Å². The highest BCUT2D eigenvalue weighted by Crippen LogP contribution is 2.39. The van der Waals surface area contributed by atoms with E-state index in [2.05, 4.69) is 30.3 Å². The van der Waals surface area contributed by atoms with Crippen molar-refractivity contribution in [3.63, 3.8) is 0 Å². The molecular formula is C24H18O2. The van der Waals surface area contributed by atoms with Gasteiger partial charge >= 0.3 is 0 Å². The molecule has 0 aliphatic heterocycles. The van der Waals surface area contributed by atoms with E-state index in [0.717, 1.165) is 55.5 Å². The van der Waals surface area contributed by atoms with Crippen LogP contribution in [0.25, 0.3) is 43.5 Å². The Morgan fingerprint density at radius 1 is 0.846 bits per heavy atom. The molecule has 26 heavy (non-hydrogen) atoms. The second-order valence-electron chi connectivity index (χ2n) is 6.78. The molecule has 0 bridgehead atoms. The minimum absolute atomic E-state index is 0.177. The average molecular weight is 338 g/mol. The molecule has 0 unspecified atom stereocenters. The van der Waals surface area contributed by atoms with Crippen molar-refractivity contribution in [2.45, 2.75) is 19.8 Å². The Bertz CT molecular complexity index is 1310. The lowest BCUT2D eigenvalue weighted by atomic mass is 9.95. The standard InChI is InChI=1S/C24H18O2/c1-2-7-21(25)20-14-22-23(18-11-6-5-10-17(18)20)19-13-12-15-8-3-4-9-16(15)24(19)26-22/h3-6,8-14H,2,7H2,1H3. The van der Waals surface area contributed by atoms with Gasteiger partial charge in [-0.05, 0) is 34.7 Å². The quantitative estimate of drug-likeness (QED) is 0.336. The van der Waals surface area contributed by atoms with E-state index in [1.165, 1.54) is 0 Å². The summed E-state index contributed by atoms with van der Waals surface area (Å²) in [6.45, 7) is 2.03. The molecule has 0 spiro atoms. The molecule has 0 N–H and O–H groups in total. The Labute approximate surface area is 151 Å². The van der Waals surface area contributed by atoms with Crippen LogP contribution < -0.4 is 0 Å². The summed E-state index contributed by atoms with van der Waals surface area (Å²) >= 11 is 0. The SMILES string of the molecule is CCCC(=O)c1cc2oc3c4ccccc4ccc3c2c2ccccc12. The van der Waals surface area contributed by atoms with E-state index in [1.807, 2.05) is 43.3 Å². The lowest BCUT2D eigenvalue weighted by Gasteiger charge is -2.06. The van der Waals surface area contributed by atoms with Crippen molar-refractivity contribution in [1.29, 1.82) is 0 Å². The number of carbonyl (C=O) groups is 1. The van der Waals surface area contributed by atoms with Crippen LogP contribution in [0.4, 0.5) is 0 Å². The number of hydrogen-bond donors (Lipinski definition) is 0. The van der Waals surface area contributed by atoms with Crippen LogP contribution in [0.15, 0.2) is 71.1 Å². The van der Waals surface area contributed by atoms with Gasteiger partial charge in [0.05, 0.1) is 0 Å². The summed E-state index contributed by atoms with van der Waals surface area (Å²) in [7, 11) is 0. The van der Waals surface area contributed by atoms with Gasteiger partial charge in [0, 0.05) is 28.1 Å². The van der Waals surface area contributed by atoms with Gasteiger partial charge in [0.2, 0.25) is 0 Å². The summed E-state index contributed by atoms with van der Waals surface area (Å²) < 4.78 is 6.29. The van der Waals surface area contributed by atoms with E-state index in [-0.39, 0.29) is 5.78 Å². The van der Waals surface area contributed by atoms with Crippen LogP contribution in [0.2, 0.25) is 0 Å². The van der Waals surface area contributed by atoms with Crippen LogP contribution in [0.3, 0.4) is 0 Å². The largest absolute Gasteiger partial charge is 0.455 e. The summed E-state index contributed by atoms with van der Waals surface area (Å²) in [4.78, 5) is 12.7. The number of Topliss-reactive ketones (excluding diaryl/α,β-unsaturated/α-hetero) is 1. The lowest BCUT2D eigenvalue weighted by Crippen LogP contribution is -1.99. The number of furan rings is 1. The maximum atomic E-state index is 12.7. The first kappa shape index (κ1) is 15.2. The highest BCUT2D eigenvalue weighted by molar-refractivity contribution is 6.26. The van der Waals surface area contributed by atoms with E-state index in [4.69, 9.17) is 4.42 Å². The molecule has 5 aromatic rings. The molecule has 126 valence electrons. The van der Waals surface area contributed by atoms with Crippen molar-refractivity contribution in [3.05, 3.63) is 72.3 Å². The van der Waals surface area contributed by atoms with Crippen molar-refractivity contribution < 1.29 is 9.21 Å². The summed E-state index contributed by atoms with van der Waals surface area (Å²) in [5.74, 6) is 0.177. The van der Waals surface area contributed by atoms with Crippen LogP contribution in [0, 0.1) is 0 Å². The van der Waals surface area contributed by atoms with Gasteiger partial charge in [-0.25, -0.2) is 0 Å². The first-order valence-electron chi connectivity index (χ1n) is 9.07. The minimum atomic E-state index is 0.177. The summed E-state index contributed by atoms with van der Waals surface area (Å²) in [6.07, 6.45) is 1.40. The zero-order valence-electron chi connectivity index (χ0n) is 14.6. The van der Waals surface area contributed by atoms with Gasteiger partial charge in [0.25, 0.3) is 0 Å². The fourth-order valence-corrected chi connectivity index (χ4v) is 3.96. The normalized spacial score (nSPS) is 11.7. The number of fused-ring (bicyclic) bond motifs is 7. The molecule has 2 nitrogen and oxygen atoms in total. The van der Waals surface area contributed by atoms with Crippen molar-refractivity contribution in [1.82, 2.24) is 0 Å². The smallest absolute Gasteiger partial charge is 0.163 e. The van der Waals surface area contributed by atoms with E-state index >= 15 is 0 Å². The summed E-state index contributed by atoms with van der Waals surface area (Å²) in [6, 6.07) is 22.6. The fourth-order valence-electron chi connectivity index (χ4n) is 3.96. The third-order valence-electron chi connectivity index (χ3n) is 5.15. The van der Waals surface area contributed by atoms with E-state index < -0.39 is 0 Å². The molecule has 0 atom stereocenters. The fraction of sp³-hybridized carbons (Fsp3) is 0.125. The second-order valence-corrected chi connectivity index (χ2v) is 6.78. The molecule has 1 heterocycles. The molecule has 4 aromatic carbocycles. The number of rotatable bonds is 3. The van der Waals surface area contributed by atoms with Crippen LogP contribution in [-0.2, 0) is 0 Å². The van der Waals surface area contributed by atoms with Gasteiger partial charge < -0.3 is 4.42 Å². The number of carbonyl (C=O) groups excluding carboxylic acids is 1. The highest BCUT2D eigenvalue weighted by Gasteiger charge is 2.18. The van der Waals surface area contributed by atoms with Crippen LogP contribution in [-0.4, -0.2) is 5.78 Å². The molecule has 0 amide bonds.